The molecule has 4 N–H and O–H groups in total. The molecule has 19 heavy (non-hydrogen) atoms. The van der Waals surface area contributed by atoms with Gasteiger partial charge in [-0.3, -0.25) is 9.78 Å². The van der Waals surface area contributed by atoms with Crippen molar-refractivity contribution in [1.29, 1.82) is 0 Å². The maximum Gasteiger partial charge on any atom is 0.296 e. The maximum absolute atomic E-state index is 11.9. The van der Waals surface area contributed by atoms with Crippen LogP contribution in [-0.4, -0.2) is 23.1 Å². The second-order valence-electron chi connectivity index (χ2n) is 4.05. The van der Waals surface area contributed by atoms with Crippen LogP contribution in [-0.2, 0) is 0 Å². The first-order chi connectivity index (χ1) is 9.19. The van der Waals surface area contributed by atoms with Crippen LogP contribution in [0.25, 0.3) is 22.1 Å². The van der Waals surface area contributed by atoms with Crippen molar-refractivity contribution in [3.8, 4) is 0 Å². The van der Waals surface area contributed by atoms with E-state index in [0.29, 0.717) is 30.1 Å². The van der Waals surface area contributed by atoms with E-state index in [4.69, 9.17) is 10.2 Å². The second kappa shape index (κ2) is 4.67. The van der Waals surface area contributed by atoms with Crippen molar-refractivity contribution in [2.75, 3.05) is 18.4 Å². The van der Waals surface area contributed by atoms with Crippen LogP contribution in [0.4, 0.5) is 5.95 Å². The molecule has 2 aromatic heterocycles. The van der Waals surface area contributed by atoms with Crippen LogP contribution < -0.4 is 16.6 Å². The fourth-order valence-electron chi connectivity index (χ4n) is 1.90. The molecule has 0 fully saturated rings. The highest BCUT2D eigenvalue weighted by Gasteiger charge is 2.13. The average Bonchev–Trinajstić information content (AvgIpc) is 2.75. The van der Waals surface area contributed by atoms with Crippen molar-refractivity contribution in [2.24, 2.45) is 5.73 Å². The van der Waals surface area contributed by atoms with Crippen LogP contribution >= 0.6 is 15.9 Å². The molecule has 0 unspecified atom stereocenters. The van der Waals surface area contributed by atoms with Gasteiger partial charge in [0.15, 0.2) is 0 Å². The van der Waals surface area contributed by atoms with Gasteiger partial charge >= 0.3 is 0 Å². The number of furan rings is 1. The van der Waals surface area contributed by atoms with E-state index in [-0.39, 0.29) is 11.1 Å². The van der Waals surface area contributed by atoms with Gasteiger partial charge in [0.05, 0.1) is 0 Å². The largest absolute Gasteiger partial charge is 0.449 e. The molecule has 98 valence electrons. The highest BCUT2D eigenvalue weighted by atomic mass is 79.9. The summed E-state index contributed by atoms with van der Waals surface area (Å²) in [7, 11) is 0. The van der Waals surface area contributed by atoms with Gasteiger partial charge in [0.25, 0.3) is 5.56 Å². The van der Waals surface area contributed by atoms with Crippen molar-refractivity contribution in [3.05, 3.63) is 33.0 Å². The van der Waals surface area contributed by atoms with Gasteiger partial charge in [-0.25, -0.2) is 4.98 Å². The highest BCUT2D eigenvalue weighted by molar-refractivity contribution is 9.10. The molecule has 0 saturated carbocycles. The molecular weight excluding hydrogens is 312 g/mol. The van der Waals surface area contributed by atoms with Crippen LogP contribution in [0.3, 0.4) is 0 Å². The molecule has 0 bridgehead atoms. The minimum atomic E-state index is -0.308. The summed E-state index contributed by atoms with van der Waals surface area (Å²) < 4.78 is 6.42. The molecule has 2 heterocycles. The number of aromatic amines is 1. The number of H-pyrrole nitrogens is 1. The van der Waals surface area contributed by atoms with E-state index in [2.05, 4.69) is 31.2 Å². The number of nitrogens with two attached hydrogens (primary N) is 1. The molecule has 0 aliphatic carbocycles. The van der Waals surface area contributed by atoms with Crippen molar-refractivity contribution in [1.82, 2.24) is 9.97 Å². The zero-order chi connectivity index (χ0) is 13.4. The third-order valence-electron chi connectivity index (χ3n) is 2.72. The van der Waals surface area contributed by atoms with E-state index < -0.39 is 0 Å². The molecule has 1 aromatic carbocycles. The predicted octanol–water partition coefficient (Wildman–Crippen LogP) is 1.80. The van der Waals surface area contributed by atoms with E-state index in [1.54, 1.807) is 6.07 Å². The fraction of sp³-hybridized carbons (Fsp3) is 0.167. The summed E-state index contributed by atoms with van der Waals surface area (Å²) in [4.78, 5) is 18.9. The van der Waals surface area contributed by atoms with Gasteiger partial charge in [-0.2, -0.15) is 0 Å². The SMILES string of the molecule is NCCNc1nc2c(oc3ccc(Br)cc32)c(=O)[nH]1. The lowest BCUT2D eigenvalue weighted by atomic mass is 10.2. The lowest BCUT2D eigenvalue weighted by molar-refractivity contribution is 0.661. The first-order valence-corrected chi connectivity index (χ1v) is 6.54. The van der Waals surface area contributed by atoms with Crippen LogP contribution in [0.15, 0.2) is 31.9 Å². The Morgan fingerprint density at radius 1 is 1.47 bits per heavy atom. The second-order valence-corrected chi connectivity index (χ2v) is 4.97. The first kappa shape index (κ1) is 12.2. The molecule has 3 rings (SSSR count). The standard InChI is InChI=1S/C12H11BrN4O2/c13-6-1-2-8-7(5-6)9-10(19-8)11(18)17-12(16-9)15-4-3-14/h1-2,5H,3-4,14H2,(H2,15,16,17,18). The van der Waals surface area contributed by atoms with Gasteiger partial charge in [0, 0.05) is 22.9 Å². The van der Waals surface area contributed by atoms with Crippen molar-refractivity contribution >= 4 is 43.9 Å². The summed E-state index contributed by atoms with van der Waals surface area (Å²) in [6.07, 6.45) is 0. The summed E-state index contributed by atoms with van der Waals surface area (Å²) >= 11 is 3.39. The first-order valence-electron chi connectivity index (χ1n) is 5.75. The number of rotatable bonds is 3. The van der Waals surface area contributed by atoms with Crippen molar-refractivity contribution in [2.45, 2.75) is 0 Å². The lowest BCUT2D eigenvalue weighted by Gasteiger charge is -2.02. The van der Waals surface area contributed by atoms with Gasteiger partial charge < -0.3 is 15.5 Å². The van der Waals surface area contributed by atoms with Gasteiger partial charge in [0.1, 0.15) is 11.1 Å². The number of hydrogen-bond donors (Lipinski definition) is 3. The molecule has 0 aliphatic heterocycles. The molecule has 0 saturated heterocycles. The minimum Gasteiger partial charge on any atom is -0.449 e. The monoisotopic (exact) mass is 322 g/mol. The van der Waals surface area contributed by atoms with E-state index >= 15 is 0 Å². The number of halogens is 1. The normalized spacial score (nSPS) is 11.3. The van der Waals surface area contributed by atoms with Crippen LogP contribution in [0, 0.1) is 0 Å². The van der Waals surface area contributed by atoms with Crippen LogP contribution in [0.1, 0.15) is 0 Å². The third-order valence-corrected chi connectivity index (χ3v) is 3.22. The van der Waals surface area contributed by atoms with E-state index in [1.807, 2.05) is 12.1 Å². The highest BCUT2D eigenvalue weighted by Crippen LogP contribution is 2.28. The van der Waals surface area contributed by atoms with Gasteiger partial charge in [-0.15, -0.1) is 0 Å². The quantitative estimate of drug-likeness (QED) is 0.683. The zero-order valence-electron chi connectivity index (χ0n) is 9.87. The van der Waals surface area contributed by atoms with Crippen LogP contribution in [0.2, 0.25) is 0 Å². The minimum absolute atomic E-state index is 0.228. The van der Waals surface area contributed by atoms with Crippen molar-refractivity contribution in [3.63, 3.8) is 0 Å². The molecule has 0 amide bonds. The molecule has 3 aromatic rings. The number of anilines is 1. The van der Waals surface area contributed by atoms with Crippen LogP contribution in [0.5, 0.6) is 0 Å². The number of benzene rings is 1. The number of fused-ring (bicyclic) bond motifs is 3. The summed E-state index contributed by atoms with van der Waals surface area (Å²) in [6.45, 7) is 0.993. The molecule has 6 nitrogen and oxygen atoms in total. The Balaban J connectivity index is 2.28. The Labute approximate surface area is 116 Å². The van der Waals surface area contributed by atoms with E-state index in [0.717, 1.165) is 9.86 Å². The Bertz CT molecular complexity index is 808. The fourth-order valence-corrected chi connectivity index (χ4v) is 2.26. The molecule has 0 radical (unpaired) electrons. The van der Waals surface area contributed by atoms with Crippen molar-refractivity contribution < 1.29 is 4.42 Å². The summed E-state index contributed by atoms with van der Waals surface area (Å²) in [5.41, 5.74) is 6.50. The predicted molar refractivity (Wildman–Crippen MR) is 77.4 cm³/mol. The summed E-state index contributed by atoms with van der Waals surface area (Å²) in [5, 5.41) is 3.75. The number of aromatic nitrogens is 2. The van der Waals surface area contributed by atoms with E-state index in [1.165, 1.54) is 0 Å². The smallest absolute Gasteiger partial charge is 0.296 e. The number of nitrogens with one attached hydrogen (secondary N) is 2. The Hall–Kier alpha value is -1.86. The summed E-state index contributed by atoms with van der Waals surface area (Å²) in [5.74, 6) is 0.394. The number of nitrogens with zero attached hydrogens (tertiary/aromatic N) is 1. The Morgan fingerprint density at radius 3 is 3.11 bits per heavy atom. The average molecular weight is 323 g/mol. The molecule has 0 atom stereocenters. The number of hydrogen-bond acceptors (Lipinski definition) is 5. The van der Waals surface area contributed by atoms with E-state index in [9.17, 15) is 4.79 Å². The zero-order valence-corrected chi connectivity index (χ0v) is 11.5. The molecule has 0 aliphatic rings. The Morgan fingerprint density at radius 2 is 2.32 bits per heavy atom. The maximum atomic E-state index is 11.9. The molecule has 7 heteroatoms. The molecular formula is C12H11BrN4O2. The molecule has 0 spiro atoms. The topological polar surface area (TPSA) is 96.9 Å². The Kier molecular flexibility index (Phi) is 3.00. The lowest BCUT2D eigenvalue weighted by Crippen LogP contribution is -2.18. The van der Waals surface area contributed by atoms with Gasteiger partial charge in [0.2, 0.25) is 11.5 Å². The van der Waals surface area contributed by atoms with Gasteiger partial charge in [-0.05, 0) is 18.2 Å². The third kappa shape index (κ3) is 2.11. The van der Waals surface area contributed by atoms with Gasteiger partial charge in [-0.1, -0.05) is 15.9 Å². The summed E-state index contributed by atoms with van der Waals surface area (Å²) in [6, 6.07) is 5.53.